The molecule has 1 atom stereocenters. The smallest absolute Gasteiger partial charge is 0.122 e. The minimum absolute atomic E-state index is 0.564. The van der Waals surface area contributed by atoms with Crippen LogP contribution in [-0.2, 0) is 11.3 Å². The van der Waals surface area contributed by atoms with Gasteiger partial charge in [-0.2, -0.15) is 0 Å². The van der Waals surface area contributed by atoms with Gasteiger partial charge in [-0.25, -0.2) is 0 Å². The van der Waals surface area contributed by atoms with E-state index in [1.54, 1.807) is 7.11 Å². The fraction of sp³-hybridized carbons (Fsp3) is 0.615. The number of hydrogen-bond acceptors (Lipinski definition) is 4. The lowest BCUT2D eigenvalue weighted by Crippen LogP contribution is -2.14. The highest BCUT2D eigenvalue weighted by atomic mass is 16.5. The molecule has 0 spiro atoms. The second-order valence-electron chi connectivity index (χ2n) is 4.51. The number of pyridine rings is 1. The Balaban J connectivity index is 1.83. The molecule has 0 aliphatic carbocycles. The van der Waals surface area contributed by atoms with Crippen LogP contribution < -0.4 is 10.1 Å². The largest absolute Gasteiger partial charge is 0.497 e. The van der Waals surface area contributed by atoms with Crippen molar-refractivity contribution in [2.45, 2.75) is 20.0 Å². The van der Waals surface area contributed by atoms with E-state index in [0.717, 1.165) is 36.8 Å². The molecule has 17 heavy (non-hydrogen) atoms. The van der Waals surface area contributed by atoms with Crippen LogP contribution in [0.3, 0.4) is 0 Å². The number of rotatable bonds is 5. The Hall–Kier alpha value is -1.13. The number of nitrogens with one attached hydrogen (secondary N) is 1. The molecule has 0 radical (unpaired) electrons. The van der Waals surface area contributed by atoms with Gasteiger partial charge >= 0.3 is 0 Å². The number of ether oxygens (including phenoxy) is 2. The molecule has 1 aromatic rings. The predicted molar refractivity (Wildman–Crippen MR) is 66.2 cm³/mol. The molecule has 2 heterocycles. The van der Waals surface area contributed by atoms with Crippen LogP contribution in [0.25, 0.3) is 0 Å². The average Bonchev–Trinajstić information content (AvgIpc) is 2.81. The molecule has 4 heteroatoms. The summed E-state index contributed by atoms with van der Waals surface area (Å²) in [6.45, 7) is 5.53. The van der Waals surface area contributed by atoms with E-state index in [9.17, 15) is 0 Å². The molecule has 1 saturated heterocycles. The third-order valence-corrected chi connectivity index (χ3v) is 2.98. The zero-order valence-electron chi connectivity index (χ0n) is 10.5. The quantitative estimate of drug-likeness (QED) is 0.842. The number of nitrogens with zero attached hydrogens (tertiary/aromatic N) is 1. The Kier molecular flexibility index (Phi) is 4.34. The zero-order valence-corrected chi connectivity index (χ0v) is 10.5. The van der Waals surface area contributed by atoms with Crippen LogP contribution in [0.2, 0.25) is 0 Å². The Labute approximate surface area is 102 Å². The topological polar surface area (TPSA) is 43.4 Å². The van der Waals surface area contributed by atoms with Gasteiger partial charge in [0.2, 0.25) is 0 Å². The first-order valence-electron chi connectivity index (χ1n) is 6.08. The van der Waals surface area contributed by atoms with Gasteiger partial charge in [0.05, 0.1) is 26.0 Å². The van der Waals surface area contributed by atoms with Gasteiger partial charge in [-0.05, 0) is 25.8 Å². The summed E-state index contributed by atoms with van der Waals surface area (Å²) in [5.74, 6) is 1.50. The molecule has 2 rings (SSSR count). The van der Waals surface area contributed by atoms with Crippen LogP contribution in [0.4, 0.5) is 0 Å². The highest BCUT2D eigenvalue weighted by Crippen LogP contribution is 2.15. The van der Waals surface area contributed by atoms with Gasteiger partial charge in [0, 0.05) is 24.4 Å². The standard InChI is InChI=1S/C13H20N2O2/c1-10-5-13(16-2)6-12(15-10)9-17-8-11-3-4-14-7-11/h5-6,11,14H,3-4,7-9H2,1-2H3. The Morgan fingerprint density at radius 1 is 1.47 bits per heavy atom. The molecule has 0 aromatic carbocycles. The summed E-state index contributed by atoms with van der Waals surface area (Å²) >= 11 is 0. The van der Waals surface area contributed by atoms with E-state index in [1.807, 2.05) is 19.1 Å². The van der Waals surface area contributed by atoms with Gasteiger partial charge < -0.3 is 14.8 Å². The summed E-state index contributed by atoms with van der Waals surface area (Å²) in [4.78, 5) is 4.43. The van der Waals surface area contributed by atoms with Crippen molar-refractivity contribution in [3.63, 3.8) is 0 Å². The number of methoxy groups -OCH3 is 1. The van der Waals surface area contributed by atoms with Crippen molar-refractivity contribution in [1.82, 2.24) is 10.3 Å². The van der Waals surface area contributed by atoms with Crippen molar-refractivity contribution in [2.75, 3.05) is 26.8 Å². The van der Waals surface area contributed by atoms with Crippen LogP contribution in [0.15, 0.2) is 12.1 Å². The molecule has 94 valence electrons. The SMILES string of the molecule is COc1cc(C)nc(COCC2CCNC2)c1. The van der Waals surface area contributed by atoms with Crippen molar-refractivity contribution in [3.8, 4) is 5.75 Å². The van der Waals surface area contributed by atoms with Gasteiger partial charge in [0.1, 0.15) is 5.75 Å². The van der Waals surface area contributed by atoms with Crippen LogP contribution in [0, 0.1) is 12.8 Å². The number of aryl methyl sites for hydroxylation is 1. The van der Waals surface area contributed by atoms with Gasteiger partial charge in [-0.3, -0.25) is 4.98 Å². The number of aromatic nitrogens is 1. The van der Waals surface area contributed by atoms with E-state index >= 15 is 0 Å². The average molecular weight is 236 g/mol. The second-order valence-corrected chi connectivity index (χ2v) is 4.51. The second kappa shape index (κ2) is 5.98. The van der Waals surface area contributed by atoms with Crippen LogP contribution >= 0.6 is 0 Å². The van der Waals surface area contributed by atoms with Gasteiger partial charge in [0.15, 0.2) is 0 Å². The first-order chi connectivity index (χ1) is 8.28. The van der Waals surface area contributed by atoms with Crippen LogP contribution in [0.1, 0.15) is 17.8 Å². The molecule has 1 aliphatic rings. The van der Waals surface area contributed by atoms with Crippen LogP contribution in [-0.4, -0.2) is 31.8 Å². The van der Waals surface area contributed by atoms with E-state index in [4.69, 9.17) is 9.47 Å². The molecule has 1 unspecified atom stereocenters. The number of hydrogen-bond donors (Lipinski definition) is 1. The van der Waals surface area contributed by atoms with Gasteiger partial charge in [0.25, 0.3) is 0 Å². The van der Waals surface area contributed by atoms with Gasteiger partial charge in [-0.1, -0.05) is 0 Å². The Morgan fingerprint density at radius 3 is 3.06 bits per heavy atom. The predicted octanol–water partition coefficient (Wildman–Crippen LogP) is 1.52. The first kappa shape index (κ1) is 12.3. The van der Waals surface area contributed by atoms with E-state index in [2.05, 4.69) is 10.3 Å². The molecule has 1 fully saturated rings. The molecule has 1 aromatic heterocycles. The highest BCUT2D eigenvalue weighted by Gasteiger charge is 2.14. The molecular formula is C13H20N2O2. The Morgan fingerprint density at radius 2 is 2.35 bits per heavy atom. The summed E-state index contributed by atoms with van der Waals surface area (Å²) in [5.41, 5.74) is 1.90. The van der Waals surface area contributed by atoms with Crippen LogP contribution in [0.5, 0.6) is 5.75 Å². The lowest BCUT2D eigenvalue weighted by molar-refractivity contribution is 0.0900. The highest BCUT2D eigenvalue weighted by molar-refractivity contribution is 5.26. The summed E-state index contributed by atoms with van der Waals surface area (Å²) in [6, 6.07) is 3.85. The minimum Gasteiger partial charge on any atom is -0.497 e. The van der Waals surface area contributed by atoms with Crippen molar-refractivity contribution >= 4 is 0 Å². The summed E-state index contributed by atoms with van der Waals surface area (Å²) < 4.78 is 10.9. The maximum Gasteiger partial charge on any atom is 0.122 e. The van der Waals surface area contributed by atoms with Crippen molar-refractivity contribution < 1.29 is 9.47 Å². The van der Waals surface area contributed by atoms with Crippen molar-refractivity contribution in [1.29, 1.82) is 0 Å². The molecule has 0 saturated carbocycles. The zero-order chi connectivity index (χ0) is 12.1. The molecule has 0 amide bonds. The lowest BCUT2D eigenvalue weighted by atomic mass is 10.1. The molecule has 0 bridgehead atoms. The third kappa shape index (κ3) is 3.68. The fourth-order valence-corrected chi connectivity index (χ4v) is 2.08. The summed E-state index contributed by atoms with van der Waals surface area (Å²) in [5, 5.41) is 3.33. The molecule has 1 N–H and O–H groups in total. The maximum atomic E-state index is 5.70. The summed E-state index contributed by atoms with van der Waals surface area (Å²) in [7, 11) is 1.67. The third-order valence-electron chi connectivity index (χ3n) is 2.98. The van der Waals surface area contributed by atoms with E-state index < -0.39 is 0 Å². The van der Waals surface area contributed by atoms with Gasteiger partial charge in [-0.15, -0.1) is 0 Å². The molecular weight excluding hydrogens is 216 g/mol. The monoisotopic (exact) mass is 236 g/mol. The van der Waals surface area contributed by atoms with E-state index in [1.165, 1.54) is 6.42 Å². The lowest BCUT2D eigenvalue weighted by Gasteiger charge is -2.10. The molecule has 1 aliphatic heterocycles. The van der Waals surface area contributed by atoms with Crippen molar-refractivity contribution in [2.24, 2.45) is 5.92 Å². The minimum atomic E-state index is 0.564. The maximum absolute atomic E-state index is 5.70. The van der Waals surface area contributed by atoms with E-state index in [-0.39, 0.29) is 0 Å². The van der Waals surface area contributed by atoms with Crippen molar-refractivity contribution in [3.05, 3.63) is 23.5 Å². The fourth-order valence-electron chi connectivity index (χ4n) is 2.08. The Bertz CT molecular complexity index is 362. The summed E-state index contributed by atoms with van der Waals surface area (Å²) in [6.07, 6.45) is 1.21. The first-order valence-corrected chi connectivity index (χ1v) is 6.08. The molecule has 4 nitrogen and oxygen atoms in total. The van der Waals surface area contributed by atoms with E-state index in [0.29, 0.717) is 12.5 Å². The normalized spacial score (nSPS) is 19.5.